The van der Waals surface area contributed by atoms with Crippen LogP contribution in [-0.4, -0.2) is 44.5 Å². The van der Waals surface area contributed by atoms with Crippen LogP contribution < -0.4 is 9.47 Å². The summed E-state index contributed by atoms with van der Waals surface area (Å²) in [6, 6.07) is 5.36. The maximum absolute atomic E-state index is 11.1. The molecule has 1 unspecified atom stereocenters. The van der Waals surface area contributed by atoms with Gasteiger partial charge in [-0.25, -0.2) is 0 Å². The van der Waals surface area contributed by atoms with Gasteiger partial charge in [-0.05, 0) is 43.9 Å². The molecule has 0 aromatic heterocycles. The minimum atomic E-state index is 0.543. The van der Waals surface area contributed by atoms with Gasteiger partial charge in [0.25, 0.3) is 0 Å². The Morgan fingerprint density at radius 3 is 3.00 bits per heavy atom. The molecule has 1 fully saturated rings. The Morgan fingerprint density at radius 1 is 1.43 bits per heavy atom. The minimum Gasteiger partial charge on any atom is -0.493 e. The molecule has 21 heavy (non-hydrogen) atoms. The van der Waals surface area contributed by atoms with Gasteiger partial charge in [-0.2, -0.15) is 0 Å². The Morgan fingerprint density at radius 2 is 2.29 bits per heavy atom. The first-order valence-electron chi connectivity index (χ1n) is 7.72. The maximum atomic E-state index is 11.1. The first-order valence-corrected chi connectivity index (χ1v) is 7.72. The molecular weight excluding hydrogens is 266 g/mol. The second-order valence-electron chi connectivity index (χ2n) is 5.75. The fourth-order valence-electron chi connectivity index (χ4n) is 2.89. The van der Waals surface area contributed by atoms with E-state index in [4.69, 9.17) is 9.47 Å². The minimum absolute atomic E-state index is 0.543. The molecule has 0 N–H and O–H groups in total. The normalized spacial score (nSPS) is 19.2. The lowest BCUT2D eigenvalue weighted by atomic mass is 10.0. The number of carbonyl (C=O) groups is 1. The van der Waals surface area contributed by atoms with Crippen LogP contribution in [0.1, 0.15) is 36.5 Å². The summed E-state index contributed by atoms with van der Waals surface area (Å²) in [7, 11) is 1.59. The highest BCUT2D eigenvalue weighted by molar-refractivity contribution is 5.81. The van der Waals surface area contributed by atoms with Crippen molar-refractivity contribution in [2.45, 2.75) is 26.2 Å². The zero-order valence-electron chi connectivity index (χ0n) is 13.0. The van der Waals surface area contributed by atoms with Gasteiger partial charge < -0.3 is 14.4 Å². The lowest BCUT2D eigenvalue weighted by molar-refractivity contribution is 0.111. The van der Waals surface area contributed by atoms with Crippen molar-refractivity contribution >= 4 is 6.29 Å². The SMILES string of the molecule is COc1cccc(C=O)c1OCCCN1CCCC(C)C1. The van der Waals surface area contributed by atoms with E-state index in [2.05, 4.69) is 11.8 Å². The molecule has 4 nitrogen and oxygen atoms in total. The summed E-state index contributed by atoms with van der Waals surface area (Å²) in [5.74, 6) is 1.98. The molecular formula is C17H25NO3. The monoisotopic (exact) mass is 291 g/mol. The van der Waals surface area contributed by atoms with Gasteiger partial charge in [0.2, 0.25) is 0 Å². The van der Waals surface area contributed by atoms with Crippen LogP contribution in [0.2, 0.25) is 0 Å². The molecule has 1 aliphatic heterocycles. The van der Waals surface area contributed by atoms with Gasteiger partial charge in [-0.3, -0.25) is 4.79 Å². The number of rotatable bonds is 7. The lowest BCUT2D eigenvalue weighted by Gasteiger charge is -2.30. The Hall–Kier alpha value is -1.55. The van der Waals surface area contributed by atoms with E-state index in [9.17, 15) is 4.79 Å². The molecule has 0 bridgehead atoms. The van der Waals surface area contributed by atoms with Crippen molar-refractivity contribution in [3.8, 4) is 11.5 Å². The molecule has 0 aliphatic carbocycles. The first kappa shape index (κ1) is 15.8. The van der Waals surface area contributed by atoms with Gasteiger partial charge in [-0.15, -0.1) is 0 Å². The second-order valence-corrected chi connectivity index (χ2v) is 5.75. The van der Waals surface area contributed by atoms with E-state index in [1.54, 1.807) is 19.2 Å². The Labute approximate surface area is 127 Å². The quantitative estimate of drug-likeness (QED) is 0.572. The number of hydrogen-bond acceptors (Lipinski definition) is 4. The van der Waals surface area contributed by atoms with Gasteiger partial charge in [0, 0.05) is 13.1 Å². The highest BCUT2D eigenvalue weighted by Crippen LogP contribution is 2.30. The van der Waals surface area contributed by atoms with E-state index in [0.717, 1.165) is 25.2 Å². The fourth-order valence-corrected chi connectivity index (χ4v) is 2.89. The first-order chi connectivity index (χ1) is 10.2. The zero-order chi connectivity index (χ0) is 15.1. The van der Waals surface area contributed by atoms with E-state index in [-0.39, 0.29) is 0 Å². The lowest BCUT2D eigenvalue weighted by Crippen LogP contribution is -2.35. The molecule has 0 amide bonds. The van der Waals surface area contributed by atoms with Gasteiger partial charge in [0.15, 0.2) is 17.8 Å². The molecule has 0 radical (unpaired) electrons. The third kappa shape index (κ3) is 4.46. The summed E-state index contributed by atoms with van der Waals surface area (Å²) >= 11 is 0. The van der Waals surface area contributed by atoms with Crippen LogP contribution in [0.3, 0.4) is 0 Å². The van der Waals surface area contributed by atoms with Crippen molar-refractivity contribution in [2.75, 3.05) is 33.4 Å². The molecule has 1 saturated heterocycles. The smallest absolute Gasteiger partial charge is 0.171 e. The number of benzene rings is 1. The Bertz CT molecular complexity index is 461. The molecule has 2 rings (SSSR count). The van der Waals surface area contributed by atoms with Crippen LogP contribution in [-0.2, 0) is 0 Å². The van der Waals surface area contributed by atoms with Gasteiger partial charge in [-0.1, -0.05) is 13.0 Å². The number of hydrogen-bond donors (Lipinski definition) is 0. The van der Waals surface area contributed by atoms with Crippen LogP contribution in [0.4, 0.5) is 0 Å². The summed E-state index contributed by atoms with van der Waals surface area (Å²) in [4.78, 5) is 13.6. The number of methoxy groups -OCH3 is 1. The van der Waals surface area contributed by atoms with E-state index < -0.39 is 0 Å². The number of carbonyl (C=O) groups excluding carboxylic acids is 1. The van der Waals surface area contributed by atoms with Crippen molar-refractivity contribution in [3.63, 3.8) is 0 Å². The average Bonchev–Trinajstić information content (AvgIpc) is 2.51. The Kier molecular flexibility index (Phi) is 6.05. The molecule has 1 aliphatic rings. The third-order valence-corrected chi connectivity index (χ3v) is 3.96. The summed E-state index contributed by atoms with van der Waals surface area (Å²) < 4.78 is 11.0. The summed E-state index contributed by atoms with van der Waals surface area (Å²) in [5, 5.41) is 0. The standard InChI is InChI=1S/C17H25NO3/c1-14-6-4-9-18(12-14)10-5-11-21-17-15(13-19)7-3-8-16(17)20-2/h3,7-8,13-14H,4-6,9-12H2,1-2H3. The third-order valence-electron chi connectivity index (χ3n) is 3.96. The van der Waals surface area contributed by atoms with Gasteiger partial charge in [0.1, 0.15) is 0 Å². The molecule has 1 aromatic rings. The summed E-state index contributed by atoms with van der Waals surface area (Å²) in [6.45, 7) is 6.35. The predicted octanol–water partition coefficient (Wildman–Crippen LogP) is 3.01. The Balaban J connectivity index is 1.82. The maximum Gasteiger partial charge on any atom is 0.171 e. The predicted molar refractivity (Wildman–Crippen MR) is 83.3 cm³/mol. The van der Waals surface area contributed by atoms with Gasteiger partial charge in [0.05, 0.1) is 19.3 Å². The van der Waals surface area contributed by atoms with Crippen molar-refractivity contribution < 1.29 is 14.3 Å². The summed E-state index contributed by atoms with van der Waals surface area (Å²) in [5.41, 5.74) is 0.543. The van der Waals surface area contributed by atoms with Crippen LogP contribution in [0.25, 0.3) is 0 Å². The highest BCUT2D eigenvalue weighted by Gasteiger charge is 2.16. The molecule has 1 aromatic carbocycles. The van der Waals surface area contributed by atoms with Crippen LogP contribution in [0, 0.1) is 5.92 Å². The average molecular weight is 291 g/mol. The van der Waals surface area contributed by atoms with Crippen LogP contribution in [0.5, 0.6) is 11.5 Å². The number of likely N-dealkylation sites (tertiary alicyclic amines) is 1. The topological polar surface area (TPSA) is 38.8 Å². The van der Waals surface area contributed by atoms with Crippen molar-refractivity contribution in [1.82, 2.24) is 4.90 Å². The molecule has 0 spiro atoms. The van der Waals surface area contributed by atoms with Crippen LogP contribution >= 0.6 is 0 Å². The molecule has 116 valence electrons. The largest absolute Gasteiger partial charge is 0.493 e. The van der Waals surface area contributed by atoms with Crippen LogP contribution in [0.15, 0.2) is 18.2 Å². The molecule has 1 atom stereocenters. The van der Waals surface area contributed by atoms with Crippen molar-refractivity contribution in [3.05, 3.63) is 23.8 Å². The van der Waals surface area contributed by atoms with E-state index in [1.807, 2.05) is 6.07 Å². The zero-order valence-corrected chi connectivity index (χ0v) is 13.0. The number of aldehydes is 1. The second kappa shape index (κ2) is 8.03. The molecule has 0 saturated carbocycles. The fraction of sp³-hybridized carbons (Fsp3) is 0.588. The van der Waals surface area contributed by atoms with Crippen molar-refractivity contribution in [1.29, 1.82) is 0 Å². The number of ether oxygens (including phenoxy) is 2. The van der Waals surface area contributed by atoms with E-state index in [1.165, 1.54) is 25.9 Å². The van der Waals surface area contributed by atoms with Gasteiger partial charge >= 0.3 is 0 Å². The molecule has 4 heteroatoms. The van der Waals surface area contributed by atoms with E-state index >= 15 is 0 Å². The number of nitrogens with zero attached hydrogens (tertiary/aromatic N) is 1. The number of para-hydroxylation sites is 1. The highest BCUT2D eigenvalue weighted by atomic mass is 16.5. The van der Waals surface area contributed by atoms with E-state index in [0.29, 0.717) is 23.7 Å². The molecule has 1 heterocycles. The summed E-state index contributed by atoms with van der Waals surface area (Å²) in [6.07, 6.45) is 4.41. The number of piperidine rings is 1. The van der Waals surface area contributed by atoms with Crippen molar-refractivity contribution in [2.24, 2.45) is 5.92 Å².